The lowest BCUT2D eigenvalue weighted by Gasteiger charge is -2.11. The van der Waals surface area contributed by atoms with Gasteiger partial charge in [-0.3, -0.25) is 4.79 Å². The summed E-state index contributed by atoms with van der Waals surface area (Å²) in [6.45, 7) is 4.53. The Morgan fingerprint density at radius 1 is 1.22 bits per heavy atom. The Kier molecular flexibility index (Phi) is 5.91. The smallest absolute Gasteiger partial charge is 0.272 e. The Morgan fingerprint density at radius 3 is 2.65 bits per heavy atom. The number of nitrogens with one attached hydrogen (secondary N) is 2. The van der Waals surface area contributed by atoms with Crippen molar-refractivity contribution < 1.29 is 9.53 Å². The van der Waals surface area contributed by atoms with Crippen LogP contribution >= 0.6 is 0 Å². The number of hydrogen-bond acceptors (Lipinski definition) is 5. The maximum atomic E-state index is 12.1. The van der Waals surface area contributed by atoms with E-state index >= 15 is 0 Å². The van der Waals surface area contributed by atoms with Gasteiger partial charge in [-0.1, -0.05) is 25.1 Å². The Morgan fingerprint density at radius 2 is 2.00 bits per heavy atom. The van der Waals surface area contributed by atoms with Gasteiger partial charge in [-0.25, -0.2) is 0 Å². The van der Waals surface area contributed by atoms with Crippen LogP contribution in [0.4, 0.5) is 5.82 Å². The second-order valence-electron chi connectivity index (χ2n) is 5.25. The second kappa shape index (κ2) is 8.12. The monoisotopic (exact) mass is 314 g/mol. The molecule has 6 heteroatoms. The highest BCUT2D eigenvalue weighted by molar-refractivity contribution is 5.92. The van der Waals surface area contributed by atoms with Crippen molar-refractivity contribution in [2.24, 2.45) is 0 Å². The molecule has 0 aliphatic heterocycles. The summed E-state index contributed by atoms with van der Waals surface area (Å²) in [4.78, 5) is 12.1. The first-order chi connectivity index (χ1) is 11.1. The van der Waals surface area contributed by atoms with E-state index < -0.39 is 0 Å². The van der Waals surface area contributed by atoms with E-state index in [2.05, 4.69) is 34.7 Å². The van der Waals surface area contributed by atoms with Gasteiger partial charge >= 0.3 is 0 Å². The number of aromatic nitrogens is 2. The molecule has 0 bridgehead atoms. The lowest BCUT2D eigenvalue weighted by atomic mass is 10.2. The normalized spacial score (nSPS) is 11.6. The van der Waals surface area contributed by atoms with Crippen LogP contribution in [0.1, 0.15) is 36.3 Å². The molecule has 2 rings (SSSR count). The third-order valence-electron chi connectivity index (χ3n) is 3.54. The predicted octanol–water partition coefficient (Wildman–Crippen LogP) is 2.63. The van der Waals surface area contributed by atoms with Crippen molar-refractivity contribution in [1.29, 1.82) is 0 Å². The van der Waals surface area contributed by atoms with Gasteiger partial charge in [-0.05, 0) is 31.5 Å². The first kappa shape index (κ1) is 16.7. The van der Waals surface area contributed by atoms with E-state index in [1.807, 2.05) is 24.3 Å². The van der Waals surface area contributed by atoms with Gasteiger partial charge in [0, 0.05) is 18.2 Å². The van der Waals surface area contributed by atoms with E-state index in [1.165, 1.54) is 0 Å². The van der Waals surface area contributed by atoms with Crippen LogP contribution in [0.5, 0.6) is 5.75 Å². The molecule has 23 heavy (non-hydrogen) atoms. The van der Waals surface area contributed by atoms with Crippen molar-refractivity contribution in [2.75, 3.05) is 12.4 Å². The fourth-order valence-electron chi connectivity index (χ4n) is 2.00. The molecule has 0 radical (unpaired) electrons. The summed E-state index contributed by atoms with van der Waals surface area (Å²) in [5.74, 6) is 1.14. The second-order valence-corrected chi connectivity index (χ2v) is 5.25. The predicted molar refractivity (Wildman–Crippen MR) is 89.6 cm³/mol. The van der Waals surface area contributed by atoms with Gasteiger partial charge in [0.2, 0.25) is 0 Å². The van der Waals surface area contributed by atoms with Gasteiger partial charge in [0.05, 0.1) is 7.11 Å². The lowest BCUT2D eigenvalue weighted by molar-refractivity contribution is 0.0944. The maximum absolute atomic E-state index is 12.1. The topological polar surface area (TPSA) is 76.1 Å². The van der Waals surface area contributed by atoms with E-state index in [9.17, 15) is 4.79 Å². The van der Waals surface area contributed by atoms with E-state index in [1.54, 1.807) is 19.2 Å². The average molecular weight is 314 g/mol. The molecule has 1 heterocycles. The first-order valence-corrected chi connectivity index (χ1v) is 7.64. The Labute approximate surface area is 136 Å². The minimum Gasteiger partial charge on any atom is -0.496 e. The summed E-state index contributed by atoms with van der Waals surface area (Å²) >= 11 is 0. The van der Waals surface area contributed by atoms with E-state index in [0.717, 1.165) is 17.7 Å². The largest absolute Gasteiger partial charge is 0.496 e. The number of ether oxygens (including phenoxy) is 1. The van der Waals surface area contributed by atoms with Crippen molar-refractivity contribution >= 4 is 11.7 Å². The Bertz CT molecular complexity index is 643. The van der Waals surface area contributed by atoms with E-state index in [4.69, 9.17) is 4.74 Å². The summed E-state index contributed by atoms with van der Waals surface area (Å²) in [7, 11) is 1.61. The van der Waals surface area contributed by atoms with Crippen molar-refractivity contribution in [3.05, 3.63) is 47.7 Å². The molecular formula is C17H22N4O2. The molecule has 2 aromatic rings. The molecule has 0 spiro atoms. The molecule has 1 aromatic heterocycles. The van der Waals surface area contributed by atoms with Gasteiger partial charge in [0.15, 0.2) is 5.69 Å². The zero-order valence-corrected chi connectivity index (χ0v) is 13.7. The van der Waals surface area contributed by atoms with E-state index in [0.29, 0.717) is 18.4 Å². The highest BCUT2D eigenvalue weighted by atomic mass is 16.5. The summed E-state index contributed by atoms with van der Waals surface area (Å²) in [5.41, 5.74) is 1.20. The van der Waals surface area contributed by atoms with Gasteiger partial charge in [0.1, 0.15) is 11.6 Å². The summed E-state index contributed by atoms with van der Waals surface area (Å²) < 4.78 is 5.26. The van der Waals surface area contributed by atoms with Crippen molar-refractivity contribution in [3.8, 4) is 5.75 Å². The van der Waals surface area contributed by atoms with Crippen LogP contribution in [0.25, 0.3) is 0 Å². The van der Waals surface area contributed by atoms with Crippen LogP contribution in [-0.2, 0) is 6.54 Å². The van der Waals surface area contributed by atoms with Crippen molar-refractivity contribution in [2.45, 2.75) is 32.9 Å². The van der Waals surface area contributed by atoms with Crippen molar-refractivity contribution in [3.63, 3.8) is 0 Å². The van der Waals surface area contributed by atoms with Gasteiger partial charge < -0.3 is 15.4 Å². The minimum absolute atomic E-state index is 0.265. The summed E-state index contributed by atoms with van der Waals surface area (Å²) in [6.07, 6.45) is 0.989. The molecule has 1 atom stereocenters. The number of anilines is 1. The molecular weight excluding hydrogens is 292 g/mol. The molecule has 2 N–H and O–H groups in total. The highest BCUT2D eigenvalue weighted by Gasteiger charge is 2.10. The zero-order chi connectivity index (χ0) is 16.7. The maximum Gasteiger partial charge on any atom is 0.272 e. The van der Waals surface area contributed by atoms with Crippen LogP contribution in [0, 0.1) is 0 Å². The number of benzene rings is 1. The average Bonchev–Trinajstić information content (AvgIpc) is 2.60. The third kappa shape index (κ3) is 4.67. The van der Waals surface area contributed by atoms with Gasteiger partial charge in [-0.15, -0.1) is 10.2 Å². The quantitative estimate of drug-likeness (QED) is 0.821. The highest BCUT2D eigenvalue weighted by Crippen LogP contribution is 2.16. The molecule has 0 fully saturated rings. The Hall–Kier alpha value is -2.63. The number of rotatable bonds is 7. The molecule has 122 valence electrons. The number of para-hydroxylation sites is 1. The van der Waals surface area contributed by atoms with E-state index in [-0.39, 0.29) is 11.6 Å². The lowest BCUT2D eigenvalue weighted by Crippen LogP contribution is -2.24. The Balaban J connectivity index is 1.95. The van der Waals surface area contributed by atoms with Gasteiger partial charge in [-0.2, -0.15) is 0 Å². The summed E-state index contributed by atoms with van der Waals surface area (Å²) in [6, 6.07) is 11.3. The molecule has 0 aliphatic carbocycles. The number of amides is 1. The fraction of sp³-hybridized carbons (Fsp3) is 0.353. The first-order valence-electron chi connectivity index (χ1n) is 7.64. The molecule has 6 nitrogen and oxygen atoms in total. The number of hydrogen-bond donors (Lipinski definition) is 2. The number of methoxy groups -OCH3 is 1. The fourth-order valence-corrected chi connectivity index (χ4v) is 2.00. The molecule has 0 aliphatic rings. The van der Waals surface area contributed by atoms with Crippen LogP contribution in [0.2, 0.25) is 0 Å². The van der Waals surface area contributed by atoms with Crippen LogP contribution in [0.3, 0.4) is 0 Å². The molecule has 1 aromatic carbocycles. The standard InChI is InChI=1S/C17H22N4O2/c1-4-12(2)19-16-10-9-14(20-21-16)17(22)18-11-13-7-5-6-8-15(13)23-3/h5-10,12H,4,11H2,1-3H3,(H,18,22)(H,19,21). The summed E-state index contributed by atoms with van der Waals surface area (Å²) in [5, 5.41) is 14.0. The van der Waals surface area contributed by atoms with Crippen LogP contribution < -0.4 is 15.4 Å². The van der Waals surface area contributed by atoms with Gasteiger partial charge in [0.25, 0.3) is 5.91 Å². The van der Waals surface area contributed by atoms with Crippen molar-refractivity contribution in [1.82, 2.24) is 15.5 Å². The molecule has 1 amide bonds. The van der Waals surface area contributed by atoms with Crippen LogP contribution in [-0.4, -0.2) is 29.3 Å². The zero-order valence-electron chi connectivity index (χ0n) is 13.7. The number of carbonyl (C=O) groups is 1. The number of carbonyl (C=O) groups excluding carboxylic acids is 1. The number of nitrogens with zero attached hydrogens (tertiary/aromatic N) is 2. The third-order valence-corrected chi connectivity index (χ3v) is 3.54. The van der Waals surface area contributed by atoms with Crippen LogP contribution in [0.15, 0.2) is 36.4 Å². The molecule has 0 saturated carbocycles. The molecule has 1 unspecified atom stereocenters. The SMILES string of the molecule is CCC(C)Nc1ccc(C(=O)NCc2ccccc2OC)nn1. The minimum atomic E-state index is -0.265. The molecule has 0 saturated heterocycles.